The Morgan fingerprint density at radius 3 is 2.87 bits per heavy atom. The Hall–Kier alpha value is -0.800. The fourth-order valence-corrected chi connectivity index (χ4v) is 2.30. The molecule has 0 saturated heterocycles. The number of rotatable bonds is 2. The van der Waals surface area contributed by atoms with Crippen molar-refractivity contribution in [3.05, 3.63) is 33.9 Å². The summed E-state index contributed by atoms with van der Waals surface area (Å²) in [6.45, 7) is 4.14. The molecule has 0 bridgehead atoms. The third-order valence-corrected chi connectivity index (χ3v) is 3.10. The molecular formula is C12H15BrN2. The van der Waals surface area contributed by atoms with E-state index < -0.39 is 0 Å². The first-order valence-corrected chi connectivity index (χ1v) is 5.89. The van der Waals surface area contributed by atoms with Crippen molar-refractivity contribution in [2.45, 2.75) is 26.3 Å². The van der Waals surface area contributed by atoms with Crippen LogP contribution in [0.4, 0.5) is 0 Å². The number of aryl methyl sites for hydroxylation is 1. The molecule has 2 rings (SSSR count). The van der Waals surface area contributed by atoms with Gasteiger partial charge >= 0.3 is 0 Å². The highest BCUT2D eigenvalue weighted by Gasteiger charge is 2.09. The Balaban J connectivity index is 2.60. The quantitative estimate of drug-likeness (QED) is 0.862. The van der Waals surface area contributed by atoms with E-state index in [0.717, 1.165) is 10.9 Å². The summed E-state index contributed by atoms with van der Waals surface area (Å²) in [5.41, 5.74) is 9.60. The van der Waals surface area contributed by atoms with E-state index in [4.69, 9.17) is 5.73 Å². The minimum atomic E-state index is 0.196. The van der Waals surface area contributed by atoms with Crippen LogP contribution in [0.5, 0.6) is 0 Å². The van der Waals surface area contributed by atoms with Crippen LogP contribution in [0.3, 0.4) is 0 Å². The molecule has 1 aromatic heterocycles. The molecule has 0 saturated carbocycles. The smallest absolute Gasteiger partial charge is 0.0459 e. The fourth-order valence-electron chi connectivity index (χ4n) is 1.94. The van der Waals surface area contributed by atoms with Crippen LogP contribution in [0.1, 0.15) is 18.2 Å². The number of benzene rings is 1. The summed E-state index contributed by atoms with van der Waals surface area (Å²) >= 11 is 3.50. The zero-order valence-corrected chi connectivity index (χ0v) is 10.6. The van der Waals surface area contributed by atoms with Crippen LogP contribution in [0.2, 0.25) is 0 Å². The molecule has 0 amide bonds. The molecule has 0 aliphatic carbocycles. The Bertz CT molecular complexity index is 486. The number of hydrogen-bond acceptors (Lipinski definition) is 1. The predicted octanol–water partition coefficient (Wildman–Crippen LogP) is 3.13. The molecule has 0 aliphatic rings. The lowest BCUT2D eigenvalue weighted by Gasteiger charge is -2.05. The molecule has 1 unspecified atom stereocenters. The van der Waals surface area contributed by atoms with Gasteiger partial charge in [-0.05, 0) is 44.0 Å². The van der Waals surface area contributed by atoms with Crippen LogP contribution >= 0.6 is 15.9 Å². The van der Waals surface area contributed by atoms with Crippen molar-refractivity contribution in [3.63, 3.8) is 0 Å². The van der Waals surface area contributed by atoms with Crippen molar-refractivity contribution >= 4 is 26.8 Å². The van der Waals surface area contributed by atoms with E-state index in [1.165, 1.54) is 22.2 Å². The number of aromatic amines is 1. The molecular weight excluding hydrogens is 252 g/mol. The zero-order valence-electron chi connectivity index (χ0n) is 8.97. The second-order valence-electron chi connectivity index (χ2n) is 4.10. The molecule has 2 nitrogen and oxygen atoms in total. The number of hydrogen-bond donors (Lipinski definition) is 2. The van der Waals surface area contributed by atoms with E-state index >= 15 is 0 Å². The molecule has 3 N–H and O–H groups in total. The SMILES string of the molecule is Cc1[nH]c2ccc(Br)cc2c1CC(C)N. The number of fused-ring (bicyclic) bond motifs is 1. The third kappa shape index (κ3) is 2.08. The van der Waals surface area contributed by atoms with Gasteiger partial charge in [0.25, 0.3) is 0 Å². The molecule has 80 valence electrons. The van der Waals surface area contributed by atoms with Crippen LogP contribution in [-0.4, -0.2) is 11.0 Å². The number of H-pyrrole nitrogens is 1. The van der Waals surface area contributed by atoms with Crippen molar-refractivity contribution in [2.24, 2.45) is 5.73 Å². The van der Waals surface area contributed by atoms with Crippen molar-refractivity contribution in [2.75, 3.05) is 0 Å². The topological polar surface area (TPSA) is 41.8 Å². The number of nitrogens with two attached hydrogens (primary N) is 1. The Labute approximate surface area is 98.0 Å². The van der Waals surface area contributed by atoms with E-state index in [9.17, 15) is 0 Å². The molecule has 1 aromatic carbocycles. The van der Waals surface area contributed by atoms with Gasteiger partial charge in [0.15, 0.2) is 0 Å². The highest BCUT2D eigenvalue weighted by atomic mass is 79.9. The minimum absolute atomic E-state index is 0.196. The van der Waals surface area contributed by atoms with E-state index in [1.807, 2.05) is 13.0 Å². The molecule has 15 heavy (non-hydrogen) atoms. The lowest BCUT2D eigenvalue weighted by Crippen LogP contribution is -2.18. The summed E-state index contributed by atoms with van der Waals surface area (Å²) < 4.78 is 1.11. The monoisotopic (exact) mass is 266 g/mol. The standard InChI is InChI=1S/C12H15BrN2/c1-7(14)5-10-8(2)15-12-4-3-9(13)6-11(10)12/h3-4,6-7,15H,5,14H2,1-2H3. The summed E-state index contributed by atoms with van der Waals surface area (Å²) in [7, 11) is 0. The summed E-state index contributed by atoms with van der Waals surface area (Å²) in [4.78, 5) is 3.38. The zero-order chi connectivity index (χ0) is 11.0. The third-order valence-electron chi connectivity index (χ3n) is 2.61. The van der Waals surface area contributed by atoms with Crippen LogP contribution in [0.25, 0.3) is 10.9 Å². The van der Waals surface area contributed by atoms with Gasteiger partial charge in [-0.25, -0.2) is 0 Å². The number of nitrogens with one attached hydrogen (secondary N) is 1. The first-order chi connectivity index (χ1) is 7.08. The van der Waals surface area contributed by atoms with Crippen LogP contribution in [0, 0.1) is 6.92 Å². The molecule has 1 heterocycles. The molecule has 0 fully saturated rings. The molecule has 1 atom stereocenters. The summed E-state index contributed by atoms with van der Waals surface area (Å²) in [6.07, 6.45) is 0.919. The summed E-state index contributed by atoms with van der Waals surface area (Å²) in [6, 6.07) is 6.49. The van der Waals surface area contributed by atoms with Crippen molar-refractivity contribution in [3.8, 4) is 0 Å². The van der Waals surface area contributed by atoms with Gasteiger partial charge in [-0.15, -0.1) is 0 Å². The van der Waals surface area contributed by atoms with E-state index in [1.54, 1.807) is 0 Å². The molecule has 0 spiro atoms. The van der Waals surface area contributed by atoms with Crippen LogP contribution in [-0.2, 0) is 6.42 Å². The van der Waals surface area contributed by atoms with Crippen molar-refractivity contribution in [1.82, 2.24) is 4.98 Å². The van der Waals surface area contributed by atoms with Gasteiger partial charge in [-0.3, -0.25) is 0 Å². The Morgan fingerprint density at radius 1 is 1.47 bits per heavy atom. The average Bonchev–Trinajstić information content (AvgIpc) is 2.43. The molecule has 2 aromatic rings. The maximum absolute atomic E-state index is 5.86. The summed E-state index contributed by atoms with van der Waals surface area (Å²) in [5.74, 6) is 0. The van der Waals surface area contributed by atoms with E-state index in [0.29, 0.717) is 0 Å². The maximum atomic E-state index is 5.86. The largest absolute Gasteiger partial charge is 0.358 e. The van der Waals surface area contributed by atoms with Crippen molar-refractivity contribution < 1.29 is 0 Å². The van der Waals surface area contributed by atoms with Crippen LogP contribution in [0.15, 0.2) is 22.7 Å². The van der Waals surface area contributed by atoms with Gasteiger partial charge in [0.05, 0.1) is 0 Å². The number of halogens is 1. The van der Waals surface area contributed by atoms with Gasteiger partial charge in [-0.2, -0.15) is 0 Å². The van der Waals surface area contributed by atoms with Crippen molar-refractivity contribution in [1.29, 1.82) is 0 Å². The first-order valence-electron chi connectivity index (χ1n) is 5.10. The fraction of sp³-hybridized carbons (Fsp3) is 0.333. The second kappa shape index (κ2) is 3.99. The normalized spacial score (nSPS) is 13.3. The predicted molar refractivity (Wildman–Crippen MR) is 68.1 cm³/mol. The van der Waals surface area contributed by atoms with Gasteiger partial charge in [0.1, 0.15) is 0 Å². The average molecular weight is 267 g/mol. The lowest BCUT2D eigenvalue weighted by molar-refractivity contribution is 0.738. The maximum Gasteiger partial charge on any atom is 0.0459 e. The van der Waals surface area contributed by atoms with Gasteiger partial charge in [0, 0.05) is 27.1 Å². The Morgan fingerprint density at radius 2 is 2.20 bits per heavy atom. The van der Waals surface area contributed by atoms with Gasteiger partial charge in [0.2, 0.25) is 0 Å². The highest BCUT2D eigenvalue weighted by Crippen LogP contribution is 2.26. The van der Waals surface area contributed by atoms with Crippen LogP contribution < -0.4 is 5.73 Å². The minimum Gasteiger partial charge on any atom is -0.358 e. The molecule has 0 aliphatic heterocycles. The first kappa shape index (κ1) is 10.7. The summed E-state index contributed by atoms with van der Waals surface area (Å²) in [5, 5.41) is 1.28. The highest BCUT2D eigenvalue weighted by molar-refractivity contribution is 9.10. The number of aromatic nitrogens is 1. The lowest BCUT2D eigenvalue weighted by atomic mass is 10.0. The van der Waals surface area contributed by atoms with Gasteiger partial charge < -0.3 is 10.7 Å². The van der Waals surface area contributed by atoms with E-state index in [-0.39, 0.29) is 6.04 Å². The van der Waals surface area contributed by atoms with E-state index in [2.05, 4.69) is 40.0 Å². The molecule has 0 radical (unpaired) electrons. The molecule has 3 heteroatoms. The second-order valence-corrected chi connectivity index (χ2v) is 5.02. The Kier molecular flexibility index (Phi) is 2.85. The van der Waals surface area contributed by atoms with Gasteiger partial charge in [-0.1, -0.05) is 15.9 Å².